The summed E-state index contributed by atoms with van der Waals surface area (Å²) in [4.78, 5) is 4.78. The van der Waals surface area contributed by atoms with Gasteiger partial charge in [-0.2, -0.15) is 0 Å². The molecule has 1 aromatic heterocycles. The molecule has 0 radical (unpaired) electrons. The molecule has 8 nitrogen and oxygen atoms in total. The van der Waals surface area contributed by atoms with Crippen molar-refractivity contribution in [2.45, 2.75) is 32.9 Å². The molecule has 3 aromatic rings. The van der Waals surface area contributed by atoms with E-state index in [2.05, 4.69) is 56.6 Å². The molecule has 0 spiro atoms. The lowest BCUT2D eigenvalue weighted by atomic mass is 10.1. The molecule has 2 N–H and O–H groups in total. The molecular weight excluding hydrogens is 404 g/mol. The fraction of sp³-hybridized carbons (Fsp3) is 0.375. The third-order valence-corrected chi connectivity index (χ3v) is 5.07. The number of aliphatic imine (C=N–C) groups is 1. The second-order valence-corrected chi connectivity index (χ2v) is 7.24. The second-order valence-electron chi connectivity index (χ2n) is 7.24. The minimum atomic E-state index is 0.522. The third kappa shape index (κ3) is 6.73. The van der Waals surface area contributed by atoms with Crippen molar-refractivity contribution in [2.24, 2.45) is 4.99 Å². The van der Waals surface area contributed by atoms with E-state index in [1.54, 1.807) is 20.5 Å². The maximum atomic E-state index is 5.41. The van der Waals surface area contributed by atoms with Gasteiger partial charge in [0, 0.05) is 26.1 Å². The number of hydrogen-bond acceptors (Lipinski definition) is 5. The van der Waals surface area contributed by atoms with Crippen LogP contribution in [0, 0.1) is 0 Å². The highest BCUT2D eigenvalue weighted by Crippen LogP contribution is 2.27. The molecule has 0 atom stereocenters. The van der Waals surface area contributed by atoms with Crippen LogP contribution in [0.15, 0.2) is 59.9 Å². The Balaban J connectivity index is 1.63. The monoisotopic (exact) mass is 436 g/mol. The lowest BCUT2D eigenvalue weighted by Crippen LogP contribution is -2.40. The number of nitrogens with zero attached hydrogens (tertiary/aromatic N) is 4. The number of nitrogens with one attached hydrogen (secondary N) is 2. The van der Waals surface area contributed by atoms with Gasteiger partial charge in [-0.25, -0.2) is 4.99 Å². The summed E-state index contributed by atoms with van der Waals surface area (Å²) in [7, 11) is 3.27. The van der Waals surface area contributed by atoms with E-state index in [9.17, 15) is 0 Å². The summed E-state index contributed by atoms with van der Waals surface area (Å²) in [5, 5.41) is 15.0. The van der Waals surface area contributed by atoms with Gasteiger partial charge in [-0.1, -0.05) is 43.3 Å². The van der Waals surface area contributed by atoms with Crippen LogP contribution in [0.2, 0.25) is 0 Å². The normalized spacial score (nSPS) is 11.3. The summed E-state index contributed by atoms with van der Waals surface area (Å²) < 4.78 is 12.8. The van der Waals surface area contributed by atoms with E-state index in [4.69, 9.17) is 14.5 Å². The first-order valence-electron chi connectivity index (χ1n) is 10.9. The number of aryl methyl sites for hydroxylation is 1. The van der Waals surface area contributed by atoms with Crippen LogP contribution in [-0.2, 0) is 25.9 Å². The van der Waals surface area contributed by atoms with Crippen LogP contribution in [0.4, 0.5) is 0 Å². The zero-order valence-electron chi connectivity index (χ0n) is 19.0. The second kappa shape index (κ2) is 12.3. The lowest BCUT2D eigenvalue weighted by Gasteiger charge is -2.14. The number of aromatic nitrogens is 3. The van der Waals surface area contributed by atoms with E-state index in [0.29, 0.717) is 24.6 Å². The summed E-state index contributed by atoms with van der Waals surface area (Å²) in [6, 6.07) is 16.3. The molecule has 2 aromatic carbocycles. The van der Waals surface area contributed by atoms with Crippen molar-refractivity contribution >= 4 is 5.96 Å². The Bertz CT molecular complexity index is 987. The Morgan fingerprint density at radius 1 is 0.969 bits per heavy atom. The molecule has 32 heavy (non-hydrogen) atoms. The predicted molar refractivity (Wildman–Crippen MR) is 126 cm³/mol. The Morgan fingerprint density at radius 3 is 2.50 bits per heavy atom. The van der Waals surface area contributed by atoms with Crippen LogP contribution < -0.4 is 20.1 Å². The first-order valence-corrected chi connectivity index (χ1v) is 10.9. The van der Waals surface area contributed by atoms with Crippen molar-refractivity contribution in [3.63, 3.8) is 0 Å². The standard InChI is InChI=1S/C24H32N6O2/c1-4-23-29-28-18-30(23)15-14-26-24(25-13-12-19-8-6-5-7-9-19)27-17-20-10-11-21(31-2)22(16-20)32-3/h5-11,16,18H,4,12-15,17H2,1-3H3,(H2,25,26,27). The van der Waals surface area contributed by atoms with Crippen molar-refractivity contribution in [3.8, 4) is 11.5 Å². The summed E-state index contributed by atoms with van der Waals surface area (Å²) in [5.74, 6) is 3.15. The van der Waals surface area contributed by atoms with Gasteiger partial charge in [0.2, 0.25) is 0 Å². The predicted octanol–water partition coefficient (Wildman–Crippen LogP) is 2.84. The minimum absolute atomic E-state index is 0.522. The van der Waals surface area contributed by atoms with Crippen LogP contribution in [0.25, 0.3) is 0 Å². The van der Waals surface area contributed by atoms with Gasteiger partial charge in [0.05, 0.1) is 20.8 Å². The maximum Gasteiger partial charge on any atom is 0.191 e. The van der Waals surface area contributed by atoms with E-state index in [-0.39, 0.29) is 0 Å². The molecule has 0 aliphatic heterocycles. The molecule has 0 aliphatic rings. The molecule has 0 saturated heterocycles. The first-order chi connectivity index (χ1) is 15.7. The summed E-state index contributed by atoms with van der Waals surface area (Å²) >= 11 is 0. The molecular formula is C24H32N6O2. The number of ether oxygens (including phenoxy) is 2. The van der Waals surface area contributed by atoms with Crippen LogP contribution in [0.3, 0.4) is 0 Å². The Kier molecular flexibility index (Phi) is 8.92. The lowest BCUT2D eigenvalue weighted by molar-refractivity contribution is 0.354. The fourth-order valence-electron chi connectivity index (χ4n) is 3.33. The van der Waals surface area contributed by atoms with Crippen LogP contribution >= 0.6 is 0 Å². The molecule has 0 amide bonds. The highest BCUT2D eigenvalue weighted by molar-refractivity contribution is 5.79. The van der Waals surface area contributed by atoms with Crippen LogP contribution in [0.5, 0.6) is 11.5 Å². The van der Waals surface area contributed by atoms with Gasteiger partial charge >= 0.3 is 0 Å². The Hall–Kier alpha value is -3.55. The Labute approximate surface area is 189 Å². The van der Waals surface area contributed by atoms with E-state index in [0.717, 1.165) is 43.3 Å². The fourth-order valence-corrected chi connectivity index (χ4v) is 3.33. The number of guanidine groups is 1. The van der Waals surface area contributed by atoms with Crippen molar-refractivity contribution in [2.75, 3.05) is 27.3 Å². The SMILES string of the molecule is CCc1nncn1CCNC(=NCc1ccc(OC)c(OC)c1)NCCc1ccccc1. The number of rotatable bonds is 11. The molecule has 0 saturated carbocycles. The van der Waals surface area contributed by atoms with Gasteiger partial charge in [-0.15, -0.1) is 10.2 Å². The van der Waals surface area contributed by atoms with E-state index >= 15 is 0 Å². The van der Waals surface area contributed by atoms with Gasteiger partial charge in [0.15, 0.2) is 17.5 Å². The van der Waals surface area contributed by atoms with E-state index in [1.165, 1.54) is 5.56 Å². The molecule has 0 unspecified atom stereocenters. The minimum Gasteiger partial charge on any atom is -0.493 e. The van der Waals surface area contributed by atoms with E-state index < -0.39 is 0 Å². The number of hydrogen-bond donors (Lipinski definition) is 2. The molecule has 0 bridgehead atoms. The van der Waals surface area contributed by atoms with Crippen molar-refractivity contribution < 1.29 is 9.47 Å². The summed E-state index contributed by atoms with van der Waals surface area (Å²) in [6.07, 6.45) is 3.54. The molecule has 8 heteroatoms. The molecule has 0 aliphatic carbocycles. The highest BCUT2D eigenvalue weighted by atomic mass is 16.5. The zero-order valence-corrected chi connectivity index (χ0v) is 19.0. The quantitative estimate of drug-likeness (QED) is 0.355. The first kappa shape index (κ1) is 23.1. The summed E-state index contributed by atoms with van der Waals surface area (Å²) in [6.45, 7) is 4.87. The highest BCUT2D eigenvalue weighted by Gasteiger charge is 2.06. The smallest absolute Gasteiger partial charge is 0.191 e. The molecule has 170 valence electrons. The van der Waals surface area contributed by atoms with Crippen LogP contribution in [-0.4, -0.2) is 48.0 Å². The van der Waals surface area contributed by atoms with Gasteiger partial charge in [0.1, 0.15) is 12.2 Å². The average molecular weight is 437 g/mol. The molecule has 0 fully saturated rings. The van der Waals surface area contributed by atoms with Crippen LogP contribution in [0.1, 0.15) is 23.9 Å². The van der Waals surface area contributed by atoms with Gasteiger partial charge in [-0.3, -0.25) is 0 Å². The van der Waals surface area contributed by atoms with Gasteiger partial charge in [0.25, 0.3) is 0 Å². The summed E-state index contributed by atoms with van der Waals surface area (Å²) in [5.41, 5.74) is 2.33. The zero-order chi connectivity index (χ0) is 22.6. The molecule has 3 rings (SSSR count). The van der Waals surface area contributed by atoms with Crippen molar-refractivity contribution in [3.05, 3.63) is 71.8 Å². The number of methoxy groups -OCH3 is 2. The van der Waals surface area contributed by atoms with Crippen molar-refractivity contribution in [1.29, 1.82) is 0 Å². The maximum absolute atomic E-state index is 5.41. The third-order valence-electron chi connectivity index (χ3n) is 5.07. The number of benzene rings is 2. The largest absolute Gasteiger partial charge is 0.493 e. The topological polar surface area (TPSA) is 85.6 Å². The van der Waals surface area contributed by atoms with Gasteiger partial charge in [-0.05, 0) is 29.7 Å². The molecule has 1 heterocycles. The van der Waals surface area contributed by atoms with Gasteiger partial charge < -0.3 is 24.7 Å². The van der Waals surface area contributed by atoms with Crippen molar-refractivity contribution in [1.82, 2.24) is 25.4 Å². The average Bonchev–Trinajstić information content (AvgIpc) is 3.30. The Morgan fingerprint density at radius 2 is 1.75 bits per heavy atom. The van der Waals surface area contributed by atoms with E-state index in [1.807, 2.05) is 24.3 Å².